The van der Waals surface area contributed by atoms with Gasteiger partial charge in [0.2, 0.25) is 0 Å². The highest BCUT2D eigenvalue weighted by molar-refractivity contribution is 5.69. The van der Waals surface area contributed by atoms with Crippen molar-refractivity contribution in [3.05, 3.63) is 23.8 Å². The minimum absolute atomic E-state index is 0.160. The average molecular weight is 195 g/mol. The van der Waals surface area contributed by atoms with Crippen LogP contribution in [0.1, 0.15) is 5.56 Å². The minimum Gasteiger partial charge on any atom is -0.550 e. The molecule has 14 heavy (non-hydrogen) atoms. The molecule has 4 heteroatoms. The molecule has 0 unspecified atom stereocenters. The average Bonchev–Trinajstić information content (AvgIpc) is 2.17. The molecule has 0 atom stereocenters. The van der Waals surface area contributed by atoms with Gasteiger partial charge in [0.05, 0.1) is 14.2 Å². The molecule has 1 aromatic carbocycles. The number of aliphatic carboxylic acids is 1. The van der Waals surface area contributed by atoms with Gasteiger partial charge in [-0.25, -0.2) is 0 Å². The number of carboxylic acid groups (broad SMARTS) is 1. The van der Waals surface area contributed by atoms with Gasteiger partial charge in [-0.3, -0.25) is 0 Å². The Hall–Kier alpha value is -1.71. The molecule has 0 aliphatic rings. The highest BCUT2D eigenvalue weighted by atomic mass is 16.5. The summed E-state index contributed by atoms with van der Waals surface area (Å²) >= 11 is 0. The number of carbonyl (C=O) groups excluding carboxylic acids is 1. The second kappa shape index (κ2) is 4.50. The summed E-state index contributed by atoms with van der Waals surface area (Å²) in [5, 5.41) is 10.4. The molecule has 0 saturated carbocycles. The van der Waals surface area contributed by atoms with E-state index in [1.807, 2.05) is 0 Å². The number of rotatable bonds is 4. The van der Waals surface area contributed by atoms with E-state index < -0.39 is 5.97 Å². The molecule has 0 saturated heterocycles. The number of carbonyl (C=O) groups is 1. The van der Waals surface area contributed by atoms with E-state index in [2.05, 4.69) is 0 Å². The first-order valence-corrected chi connectivity index (χ1v) is 4.08. The molecule has 0 bridgehead atoms. The lowest BCUT2D eigenvalue weighted by atomic mass is 10.1. The Labute approximate surface area is 82.1 Å². The van der Waals surface area contributed by atoms with Crippen molar-refractivity contribution in [3.63, 3.8) is 0 Å². The predicted octanol–water partition coefficient (Wildman–Crippen LogP) is -0.00380. The second-order valence-electron chi connectivity index (χ2n) is 2.73. The Morgan fingerprint density at radius 2 is 2.07 bits per heavy atom. The lowest BCUT2D eigenvalue weighted by molar-refractivity contribution is -0.304. The number of hydrogen-bond donors (Lipinski definition) is 0. The lowest BCUT2D eigenvalue weighted by Crippen LogP contribution is -2.24. The molecule has 0 amide bonds. The van der Waals surface area contributed by atoms with Gasteiger partial charge in [-0.05, 0) is 11.6 Å². The summed E-state index contributed by atoms with van der Waals surface area (Å²) in [6.07, 6.45) is -0.160. The molecule has 0 N–H and O–H groups in total. The number of hydrogen-bond acceptors (Lipinski definition) is 4. The first kappa shape index (κ1) is 10.4. The molecular weight excluding hydrogens is 184 g/mol. The zero-order chi connectivity index (χ0) is 10.6. The summed E-state index contributed by atoms with van der Waals surface area (Å²) in [6.45, 7) is 0. The number of benzene rings is 1. The van der Waals surface area contributed by atoms with Crippen molar-refractivity contribution in [1.82, 2.24) is 0 Å². The molecule has 0 spiro atoms. The van der Waals surface area contributed by atoms with Crippen molar-refractivity contribution in [3.8, 4) is 11.5 Å². The largest absolute Gasteiger partial charge is 0.550 e. The summed E-state index contributed by atoms with van der Waals surface area (Å²) in [5.41, 5.74) is 0.577. The SMILES string of the molecule is COc1ccc(CC(=O)[O-])c(OC)c1. The van der Waals surface area contributed by atoms with E-state index in [1.54, 1.807) is 18.2 Å². The van der Waals surface area contributed by atoms with Gasteiger partial charge in [0.1, 0.15) is 11.5 Å². The molecule has 0 aliphatic carbocycles. The van der Waals surface area contributed by atoms with Crippen molar-refractivity contribution < 1.29 is 19.4 Å². The van der Waals surface area contributed by atoms with Crippen LogP contribution in [-0.2, 0) is 11.2 Å². The van der Waals surface area contributed by atoms with Crippen molar-refractivity contribution in [2.45, 2.75) is 6.42 Å². The van der Waals surface area contributed by atoms with Crippen LogP contribution in [0, 0.1) is 0 Å². The fourth-order valence-electron chi connectivity index (χ4n) is 1.15. The third-order valence-corrected chi connectivity index (χ3v) is 1.83. The maximum Gasteiger partial charge on any atom is 0.126 e. The summed E-state index contributed by atoms with van der Waals surface area (Å²) < 4.78 is 9.99. The Morgan fingerprint density at radius 1 is 1.36 bits per heavy atom. The van der Waals surface area contributed by atoms with E-state index in [-0.39, 0.29) is 6.42 Å². The van der Waals surface area contributed by atoms with Crippen LogP contribution in [0.2, 0.25) is 0 Å². The zero-order valence-corrected chi connectivity index (χ0v) is 8.07. The normalized spacial score (nSPS) is 9.57. The van der Waals surface area contributed by atoms with Crippen LogP contribution in [0.3, 0.4) is 0 Å². The number of carboxylic acids is 1. The van der Waals surface area contributed by atoms with Gasteiger partial charge in [0.25, 0.3) is 0 Å². The van der Waals surface area contributed by atoms with Gasteiger partial charge >= 0.3 is 0 Å². The van der Waals surface area contributed by atoms with Gasteiger partial charge in [0, 0.05) is 18.5 Å². The Bertz CT molecular complexity index is 333. The standard InChI is InChI=1S/C10H12O4/c1-13-8-4-3-7(5-10(11)12)9(6-8)14-2/h3-4,6H,5H2,1-2H3,(H,11,12)/p-1. The third-order valence-electron chi connectivity index (χ3n) is 1.83. The van der Waals surface area contributed by atoms with Gasteiger partial charge in [-0.15, -0.1) is 0 Å². The van der Waals surface area contributed by atoms with E-state index in [9.17, 15) is 9.90 Å². The van der Waals surface area contributed by atoms with Gasteiger partial charge in [-0.2, -0.15) is 0 Å². The Balaban J connectivity index is 2.98. The van der Waals surface area contributed by atoms with Crippen LogP contribution < -0.4 is 14.6 Å². The monoisotopic (exact) mass is 195 g/mol. The van der Waals surface area contributed by atoms with Crippen LogP contribution in [0.5, 0.6) is 11.5 Å². The quantitative estimate of drug-likeness (QED) is 0.678. The zero-order valence-electron chi connectivity index (χ0n) is 8.07. The van der Waals surface area contributed by atoms with E-state index >= 15 is 0 Å². The summed E-state index contributed by atoms with van der Waals surface area (Å²) in [6, 6.07) is 4.96. The molecule has 1 aromatic rings. The fourth-order valence-corrected chi connectivity index (χ4v) is 1.15. The first-order chi connectivity index (χ1) is 6.67. The van der Waals surface area contributed by atoms with Crippen LogP contribution in [0.4, 0.5) is 0 Å². The minimum atomic E-state index is -1.13. The smallest absolute Gasteiger partial charge is 0.126 e. The van der Waals surface area contributed by atoms with E-state index in [4.69, 9.17) is 9.47 Å². The molecule has 0 radical (unpaired) electrons. The molecule has 0 fully saturated rings. The van der Waals surface area contributed by atoms with Crippen molar-refractivity contribution >= 4 is 5.97 Å². The molecule has 0 aromatic heterocycles. The Morgan fingerprint density at radius 3 is 2.57 bits per heavy atom. The highest BCUT2D eigenvalue weighted by Crippen LogP contribution is 2.24. The molecular formula is C10H11O4-. The number of methoxy groups -OCH3 is 2. The molecule has 4 nitrogen and oxygen atoms in total. The maximum absolute atomic E-state index is 10.4. The van der Waals surface area contributed by atoms with Gasteiger partial charge in [0.15, 0.2) is 0 Å². The highest BCUT2D eigenvalue weighted by Gasteiger charge is 2.04. The fraction of sp³-hybridized carbons (Fsp3) is 0.300. The second-order valence-corrected chi connectivity index (χ2v) is 2.73. The van der Waals surface area contributed by atoms with Crippen LogP contribution in [-0.4, -0.2) is 20.2 Å². The van der Waals surface area contributed by atoms with E-state index in [0.29, 0.717) is 17.1 Å². The van der Waals surface area contributed by atoms with Gasteiger partial charge in [-0.1, -0.05) is 6.07 Å². The van der Waals surface area contributed by atoms with Crippen molar-refractivity contribution in [2.75, 3.05) is 14.2 Å². The predicted molar refractivity (Wildman–Crippen MR) is 48.3 cm³/mol. The molecule has 0 aliphatic heterocycles. The molecule has 0 heterocycles. The summed E-state index contributed by atoms with van der Waals surface area (Å²) in [5.74, 6) is -0.00837. The molecule has 1 rings (SSSR count). The van der Waals surface area contributed by atoms with Crippen LogP contribution >= 0.6 is 0 Å². The topological polar surface area (TPSA) is 58.6 Å². The van der Waals surface area contributed by atoms with Crippen LogP contribution in [0.15, 0.2) is 18.2 Å². The first-order valence-electron chi connectivity index (χ1n) is 4.08. The Kier molecular flexibility index (Phi) is 3.34. The van der Waals surface area contributed by atoms with Crippen molar-refractivity contribution in [2.24, 2.45) is 0 Å². The lowest BCUT2D eigenvalue weighted by Gasteiger charge is -2.10. The van der Waals surface area contributed by atoms with E-state index in [1.165, 1.54) is 14.2 Å². The van der Waals surface area contributed by atoms with E-state index in [0.717, 1.165) is 0 Å². The number of ether oxygens (including phenoxy) is 2. The summed E-state index contributed by atoms with van der Waals surface area (Å²) in [4.78, 5) is 10.4. The third kappa shape index (κ3) is 2.39. The maximum atomic E-state index is 10.4. The van der Waals surface area contributed by atoms with Gasteiger partial charge < -0.3 is 19.4 Å². The van der Waals surface area contributed by atoms with Crippen LogP contribution in [0.25, 0.3) is 0 Å². The molecule has 76 valence electrons. The summed E-state index contributed by atoms with van der Waals surface area (Å²) in [7, 11) is 3.01. The van der Waals surface area contributed by atoms with Crippen molar-refractivity contribution in [1.29, 1.82) is 0 Å².